The number of carbonyl (C=O) groups is 1. The zero-order chi connectivity index (χ0) is 15.0. The van der Waals surface area contributed by atoms with Crippen molar-refractivity contribution in [2.45, 2.75) is 0 Å². The fraction of sp³-hybridized carbons (Fsp3) is 0.154. The van der Waals surface area contributed by atoms with E-state index in [1.165, 1.54) is 6.20 Å². The predicted molar refractivity (Wildman–Crippen MR) is 76.0 cm³/mol. The van der Waals surface area contributed by atoms with E-state index in [0.29, 0.717) is 22.6 Å². The van der Waals surface area contributed by atoms with Crippen molar-refractivity contribution in [2.75, 3.05) is 12.4 Å². The van der Waals surface area contributed by atoms with Gasteiger partial charge in [-0.1, -0.05) is 0 Å². The summed E-state index contributed by atoms with van der Waals surface area (Å²) in [6.45, 7) is 0. The fourth-order valence-corrected chi connectivity index (χ4v) is 2.08. The monoisotopic (exact) mass is 284 g/mol. The van der Waals surface area contributed by atoms with Gasteiger partial charge in [0.15, 0.2) is 11.5 Å². The van der Waals surface area contributed by atoms with Gasteiger partial charge < -0.3 is 15.0 Å². The zero-order valence-electron chi connectivity index (χ0n) is 11.4. The van der Waals surface area contributed by atoms with E-state index in [4.69, 9.17) is 5.11 Å². The molecular formula is C13H12N6O2. The SMILES string of the molecule is CNc1ncc(C(=O)O)nc1-c1cncc2c1ncn2C. The predicted octanol–water partition coefficient (Wildman–Crippen LogP) is 1.17. The van der Waals surface area contributed by atoms with E-state index in [0.717, 1.165) is 5.52 Å². The van der Waals surface area contributed by atoms with Crippen LogP contribution in [-0.2, 0) is 7.05 Å². The molecule has 0 spiro atoms. The number of nitrogens with zero attached hydrogens (tertiary/aromatic N) is 5. The molecule has 0 radical (unpaired) electrons. The maximum absolute atomic E-state index is 11.1. The van der Waals surface area contributed by atoms with Crippen LogP contribution in [0.25, 0.3) is 22.3 Å². The largest absolute Gasteiger partial charge is 0.476 e. The molecule has 0 saturated heterocycles. The Morgan fingerprint density at radius 1 is 1.29 bits per heavy atom. The van der Waals surface area contributed by atoms with Crippen LogP contribution in [0.3, 0.4) is 0 Å². The molecule has 0 atom stereocenters. The highest BCUT2D eigenvalue weighted by atomic mass is 16.4. The standard InChI is InChI=1S/C13H12N6O2/c1-14-12-11(18-8(4-16-12)13(20)21)7-3-15-5-9-10(7)17-6-19(9)2/h3-6H,1-2H3,(H,14,16)(H,20,21). The van der Waals surface area contributed by atoms with E-state index in [2.05, 4.69) is 25.3 Å². The number of aromatic carboxylic acids is 1. The first kappa shape index (κ1) is 13.0. The minimum Gasteiger partial charge on any atom is -0.476 e. The molecular weight excluding hydrogens is 272 g/mol. The minimum atomic E-state index is -1.13. The van der Waals surface area contributed by atoms with Crippen LogP contribution in [0.1, 0.15) is 10.5 Å². The maximum Gasteiger partial charge on any atom is 0.356 e. The highest BCUT2D eigenvalue weighted by Gasteiger charge is 2.17. The Kier molecular flexibility index (Phi) is 2.98. The van der Waals surface area contributed by atoms with E-state index < -0.39 is 5.97 Å². The summed E-state index contributed by atoms with van der Waals surface area (Å²) in [6.07, 6.45) is 6.18. The molecule has 106 valence electrons. The van der Waals surface area contributed by atoms with Crippen LogP contribution < -0.4 is 5.32 Å². The van der Waals surface area contributed by atoms with Crippen molar-refractivity contribution in [3.05, 3.63) is 30.6 Å². The second-order valence-corrected chi connectivity index (χ2v) is 4.42. The fourth-order valence-electron chi connectivity index (χ4n) is 2.08. The molecule has 8 nitrogen and oxygen atoms in total. The molecule has 0 unspecified atom stereocenters. The molecule has 0 bridgehead atoms. The number of rotatable bonds is 3. The number of aryl methyl sites for hydroxylation is 1. The molecule has 0 aromatic carbocycles. The third-order valence-electron chi connectivity index (χ3n) is 3.12. The van der Waals surface area contributed by atoms with Gasteiger partial charge >= 0.3 is 5.97 Å². The highest BCUT2D eigenvalue weighted by Crippen LogP contribution is 2.29. The Hall–Kier alpha value is -3.03. The third-order valence-corrected chi connectivity index (χ3v) is 3.12. The zero-order valence-corrected chi connectivity index (χ0v) is 11.4. The number of aromatic nitrogens is 5. The molecule has 0 amide bonds. The van der Waals surface area contributed by atoms with E-state index in [9.17, 15) is 4.79 Å². The number of hydrogen-bond acceptors (Lipinski definition) is 6. The first-order valence-corrected chi connectivity index (χ1v) is 6.15. The molecule has 0 saturated carbocycles. The number of carboxylic acids is 1. The second kappa shape index (κ2) is 4.82. The van der Waals surface area contributed by atoms with Crippen molar-refractivity contribution >= 4 is 22.8 Å². The molecule has 21 heavy (non-hydrogen) atoms. The van der Waals surface area contributed by atoms with Gasteiger partial charge in [-0.15, -0.1) is 0 Å². The van der Waals surface area contributed by atoms with Gasteiger partial charge in [-0.05, 0) is 0 Å². The van der Waals surface area contributed by atoms with Crippen LogP contribution in [0.2, 0.25) is 0 Å². The average Bonchev–Trinajstić information content (AvgIpc) is 2.88. The van der Waals surface area contributed by atoms with Crippen molar-refractivity contribution in [1.29, 1.82) is 0 Å². The van der Waals surface area contributed by atoms with E-state index >= 15 is 0 Å². The molecule has 8 heteroatoms. The number of imidazole rings is 1. The Balaban J connectivity index is 2.31. The smallest absolute Gasteiger partial charge is 0.356 e. The van der Waals surface area contributed by atoms with Crippen LogP contribution in [0, 0.1) is 0 Å². The molecule has 0 aliphatic rings. The Morgan fingerprint density at radius 3 is 2.81 bits per heavy atom. The lowest BCUT2D eigenvalue weighted by molar-refractivity contribution is 0.0690. The summed E-state index contributed by atoms with van der Waals surface area (Å²) in [5.41, 5.74) is 2.44. The number of carboxylic acid groups (broad SMARTS) is 1. The number of fused-ring (bicyclic) bond motifs is 1. The molecule has 2 N–H and O–H groups in total. The van der Waals surface area contributed by atoms with E-state index in [-0.39, 0.29) is 5.69 Å². The lowest BCUT2D eigenvalue weighted by Crippen LogP contribution is -2.06. The molecule has 3 rings (SSSR count). The lowest BCUT2D eigenvalue weighted by Gasteiger charge is -2.08. The maximum atomic E-state index is 11.1. The quantitative estimate of drug-likeness (QED) is 0.743. The molecule has 0 fully saturated rings. The normalized spacial score (nSPS) is 10.8. The summed E-state index contributed by atoms with van der Waals surface area (Å²) in [6, 6.07) is 0. The summed E-state index contributed by atoms with van der Waals surface area (Å²) in [5.74, 6) is -0.660. The third kappa shape index (κ3) is 2.06. The topological polar surface area (TPSA) is 106 Å². The summed E-state index contributed by atoms with van der Waals surface area (Å²) < 4.78 is 1.83. The number of nitrogens with one attached hydrogen (secondary N) is 1. The molecule has 3 aromatic heterocycles. The van der Waals surface area contributed by atoms with E-state index in [1.54, 1.807) is 25.8 Å². The van der Waals surface area contributed by atoms with Gasteiger partial charge in [-0.25, -0.2) is 19.7 Å². The number of anilines is 1. The lowest BCUT2D eigenvalue weighted by atomic mass is 10.1. The average molecular weight is 284 g/mol. The number of pyridine rings is 1. The van der Waals surface area contributed by atoms with Crippen molar-refractivity contribution in [1.82, 2.24) is 24.5 Å². The van der Waals surface area contributed by atoms with Crippen LogP contribution in [0.5, 0.6) is 0 Å². The van der Waals surface area contributed by atoms with Gasteiger partial charge in [-0.2, -0.15) is 0 Å². The Morgan fingerprint density at radius 2 is 2.10 bits per heavy atom. The first-order chi connectivity index (χ1) is 10.1. The van der Waals surface area contributed by atoms with Crippen LogP contribution >= 0.6 is 0 Å². The van der Waals surface area contributed by atoms with Gasteiger partial charge in [0.05, 0.1) is 29.8 Å². The summed E-state index contributed by atoms with van der Waals surface area (Å²) in [7, 11) is 3.55. The van der Waals surface area contributed by atoms with Crippen molar-refractivity contribution < 1.29 is 9.90 Å². The minimum absolute atomic E-state index is 0.128. The molecule has 3 heterocycles. The summed E-state index contributed by atoms with van der Waals surface area (Å²) in [4.78, 5) is 27.8. The number of hydrogen-bond donors (Lipinski definition) is 2. The van der Waals surface area contributed by atoms with Crippen molar-refractivity contribution in [3.63, 3.8) is 0 Å². The molecule has 0 aliphatic carbocycles. The van der Waals surface area contributed by atoms with Gasteiger partial charge in [0, 0.05) is 20.3 Å². The van der Waals surface area contributed by atoms with Crippen LogP contribution in [0.4, 0.5) is 5.82 Å². The summed E-state index contributed by atoms with van der Waals surface area (Å²) in [5, 5.41) is 12.0. The molecule has 0 aliphatic heterocycles. The molecule has 3 aromatic rings. The highest BCUT2D eigenvalue weighted by molar-refractivity contribution is 5.94. The van der Waals surface area contributed by atoms with Crippen LogP contribution in [-0.4, -0.2) is 42.6 Å². The van der Waals surface area contributed by atoms with Gasteiger partial charge in [0.2, 0.25) is 0 Å². The Labute approximate surface area is 119 Å². The first-order valence-electron chi connectivity index (χ1n) is 6.15. The van der Waals surface area contributed by atoms with Crippen molar-refractivity contribution in [2.24, 2.45) is 7.05 Å². The van der Waals surface area contributed by atoms with Crippen LogP contribution in [0.15, 0.2) is 24.9 Å². The summed E-state index contributed by atoms with van der Waals surface area (Å²) >= 11 is 0. The Bertz CT molecular complexity index is 842. The van der Waals surface area contributed by atoms with Gasteiger partial charge in [-0.3, -0.25) is 4.98 Å². The van der Waals surface area contributed by atoms with Gasteiger partial charge in [0.1, 0.15) is 11.2 Å². The van der Waals surface area contributed by atoms with Gasteiger partial charge in [0.25, 0.3) is 0 Å². The van der Waals surface area contributed by atoms with Crippen molar-refractivity contribution in [3.8, 4) is 11.3 Å². The van der Waals surface area contributed by atoms with E-state index in [1.807, 2.05) is 11.6 Å². The second-order valence-electron chi connectivity index (χ2n) is 4.42.